The van der Waals surface area contributed by atoms with Gasteiger partial charge in [0.15, 0.2) is 0 Å². The van der Waals surface area contributed by atoms with Gasteiger partial charge in [-0.05, 0) is 51.8 Å². The molecule has 168 valence electrons. The van der Waals surface area contributed by atoms with Gasteiger partial charge < -0.3 is 9.64 Å². The summed E-state index contributed by atoms with van der Waals surface area (Å²) in [5.74, 6) is -5.36. The number of hydrogen-bond donors (Lipinski definition) is 0. The van der Waals surface area contributed by atoms with E-state index in [9.17, 15) is 31.1 Å². The zero-order valence-corrected chi connectivity index (χ0v) is 17.6. The smallest absolute Gasteiger partial charge is 0.417 e. The summed E-state index contributed by atoms with van der Waals surface area (Å²) in [6.07, 6.45) is -5.22. The van der Waals surface area contributed by atoms with Crippen molar-refractivity contribution in [3.63, 3.8) is 0 Å². The predicted molar refractivity (Wildman–Crippen MR) is 100 cm³/mol. The van der Waals surface area contributed by atoms with Gasteiger partial charge in [-0.2, -0.15) is 13.2 Å². The van der Waals surface area contributed by atoms with Gasteiger partial charge in [0, 0.05) is 35.1 Å². The minimum atomic E-state index is -4.77. The van der Waals surface area contributed by atoms with Crippen LogP contribution in [0.25, 0.3) is 0 Å². The third-order valence-electron chi connectivity index (χ3n) is 5.65. The SMILES string of the molecule is CC(C)(C)OC(=O)N1CCC2(CC1)C(CSc1ccc(F)cc1C(F)(F)F)C2(F)F. The summed E-state index contributed by atoms with van der Waals surface area (Å²) in [7, 11) is 0. The van der Waals surface area contributed by atoms with Crippen LogP contribution in [0.2, 0.25) is 0 Å². The van der Waals surface area contributed by atoms with Gasteiger partial charge in [-0.3, -0.25) is 0 Å². The number of carbonyl (C=O) groups is 1. The second-order valence-electron chi connectivity index (χ2n) is 8.75. The molecule has 1 aromatic carbocycles. The summed E-state index contributed by atoms with van der Waals surface area (Å²) in [5, 5.41) is 0. The van der Waals surface area contributed by atoms with E-state index < -0.39 is 46.5 Å². The minimum Gasteiger partial charge on any atom is -0.444 e. The molecule has 0 bridgehead atoms. The molecule has 1 heterocycles. The van der Waals surface area contributed by atoms with Crippen molar-refractivity contribution >= 4 is 17.9 Å². The highest BCUT2D eigenvalue weighted by molar-refractivity contribution is 7.99. The molecular weight excluding hydrogens is 432 g/mol. The molecule has 1 unspecified atom stereocenters. The van der Waals surface area contributed by atoms with E-state index in [4.69, 9.17) is 4.74 Å². The van der Waals surface area contributed by atoms with Crippen LogP contribution in [0, 0.1) is 17.2 Å². The zero-order chi connectivity index (χ0) is 22.5. The van der Waals surface area contributed by atoms with Crippen molar-refractivity contribution in [3.8, 4) is 0 Å². The van der Waals surface area contributed by atoms with Gasteiger partial charge in [0.05, 0.1) is 5.56 Å². The van der Waals surface area contributed by atoms with Crippen LogP contribution in [0.5, 0.6) is 0 Å². The Kier molecular flexibility index (Phi) is 5.79. The lowest BCUT2D eigenvalue weighted by Crippen LogP contribution is -2.43. The molecule has 1 saturated carbocycles. The van der Waals surface area contributed by atoms with Crippen molar-refractivity contribution in [1.82, 2.24) is 4.90 Å². The van der Waals surface area contributed by atoms with Crippen LogP contribution in [0.3, 0.4) is 0 Å². The maximum Gasteiger partial charge on any atom is 0.417 e. The molecule has 0 radical (unpaired) electrons. The molecule has 30 heavy (non-hydrogen) atoms. The standard InChI is InChI=1S/C20H23F6NO2S/c1-17(2,3)29-16(28)27-8-6-18(7-9-27)15(19(18,22)23)11-30-14-5-4-12(21)10-13(14)20(24,25)26/h4-5,10,15H,6-9,11H2,1-3H3. The lowest BCUT2D eigenvalue weighted by molar-refractivity contribution is -0.139. The van der Waals surface area contributed by atoms with E-state index in [1.54, 1.807) is 20.8 Å². The molecule has 1 aliphatic carbocycles. The number of rotatable bonds is 3. The number of thioether (sulfide) groups is 1. The first-order valence-electron chi connectivity index (χ1n) is 9.53. The molecule has 1 aliphatic heterocycles. The number of ether oxygens (including phenoxy) is 1. The molecule has 1 atom stereocenters. The highest BCUT2D eigenvalue weighted by Crippen LogP contribution is 2.71. The van der Waals surface area contributed by atoms with Crippen LogP contribution >= 0.6 is 11.8 Å². The van der Waals surface area contributed by atoms with Gasteiger partial charge in [-0.25, -0.2) is 18.0 Å². The predicted octanol–water partition coefficient (Wildman–Crippen LogP) is 6.22. The Morgan fingerprint density at radius 1 is 1.20 bits per heavy atom. The average Bonchev–Trinajstić information content (AvgIpc) is 3.04. The Morgan fingerprint density at radius 3 is 2.33 bits per heavy atom. The largest absolute Gasteiger partial charge is 0.444 e. The lowest BCUT2D eigenvalue weighted by atomic mass is 9.91. The Bertz CT molecular complexity index is 812. The fourth-order valence-electron chi connectivity index (χ4n) is 3.97. The van der Waals surface area contributed by atoms with E-state index in [1.165, 1.54) is 4.90 Å². The van der Waals surface area contributed by atoms with Crippen molar-refractivity contribution in [2.45, 2.75) is 56.2 Å². The van der Waals surface area contributed by atoms with Crippen LogP contribution in [-0.4, -0.2) is 41.4 Å². The van der Waals surface area contributed by atoms with Crippen molar-refractivity contribution in [2.75, 3.05) is 18.8 Å². The first-order valence-corrected chi connectivity index (χ1v) is 10.5. The molecule has 1 amide bonds. The van der Waals surface area contributed by atoms with Gasteiger partial charge in [-0.15, -0.1) is 11.8 Å². The van der Waals surface area contributed by atoms with Gasteiger partial charge in [0.25, 0.3) is 5.92 Å². The number of hydrogen-bond acceptors (Lipinski definition) is 3. The summed E-state index contributed by atoms with van der Waals surface area (Å²) in [4.78, 5) is 13.2. The molecular formula is C20H23F6NO2S. The Hall–Kier alpha value is -1.58. The Balaban J connectivity index is 1.64. The van der Waals surface area contributed by atoms with Crippen molar-refractivity contribution in [1.29, 1.82) is 0 Å². The zero-order valence-electron chi connectivity index (χ0n) is 16.8. The van der Waals surface area contributed by atoms with E-state index >= 15 is 0 Å². The molecule has 2 fully saturated rings. The van der Waals surface area contributed by atoms with E-state index in [0.717, 1.165) is 12.1 Å². The summed E-state index contributed by atoms with van der Waals surface area (Å²) in [5.41, 5.74) is -3.18. The summed E-state index contributed by atoms with van der Waals surface area (Å²) in [6, 6.07) is 2.24. The van der Waals surface area contributed by atoms with Crippen LogP contribution in [0.15, 0.2) is 23.1 Å². The quantitative estimate of drug-likeness (QED) is 0.400. The van der Waals surface area contributed by atoms with E-state index in [-0.39, 0.29) is 36.6 Å². The third-order valence-corrected chi connectivity index (χ3v) is 6.81. The lowest BCUT2D eigenvalue weighted by Gasteiger charge is -2.34. The summed E-state index contributed by atoms with van der Waals surface area (Å²) >= 11 is 0.666. The van der Waals surface area contributed by atoms with Crippen LogP contribution < -0.4 is 0 Å². The maximum absolute atomic E-state index is 14.6. The first-order chi connectivity index (χ1) is 13.7. The molecule has 3 rings (SSSR count). The average molecular weight is 455 g/mol. The van der Waals surface area contributed by atoms with Crippen molar-refractivity contribution in [3.05, 3.63) is 29.6 Å². The monoisotopic (exact) mass is 455 g/mol. The Morgan fingerprint density at radius 2 is 1.80 bits per heavy atom. The van der Waals surface area contributed by atoms with Crippen molar-refractivity contribution in [2.24, 2.45) is 11.3 Å². The highest BCUT2D eigenvalue weighted by Gasteiger charge is 2.79. The summed E-state index contributed by atoms with van der Waals surface area (Å²) < 4.78 is 87.1. The summed E-state index contributed by atoms with van der Waals surface area (Å²) in [6.45, 7) is 5.35. The van der Waals surface area contributed by atoms with Gasteiger partial charge >= 0.3 is 12.3 Å². The third kappa shape index (κ3) is 4.38. The fourth-order valence-corrected chi connectivity index (χ4v) is 5.34. The van der Waals surface area contributed by atoms with Gasteiger partial charge in [-0.1, -0.05) is 0 Å². The number of nitrogens with zero attached hydrogens (tertiary/aromatic N) is 1. The highest BCUT2D eigenvalue weighted by atomic mass is 32.2. The molecule has 3 nitrogen and oxygen atoms in total. The Labute approximate surface area is 175 Å². The van der Waals surface area contributed by atoms with Crippen LogP contribution in [0.1, 0.15) is 39.2 Å². The number of benzene rings is 1. The fraction of sp³-hybridized carbons (Fsp3) is 0.650. The molecule has 0 N–H and O–H groups in total. The molecule has 1 saturated heterocycles. The minimum absolute atomic E-state index is 0.0556. The number of alkyl halides is 5. The van der Waals surface area contributed by atoms with Crippen LogP contribution in [-0.2, 0) is 10.9 Å². The number of amides is 1. The number of halogens is 6. The number of likely N-dealkylation sites (tertiary alicyclic amines) is 1. The second-order valence-corrected chi connectivity index (χ2v) is 9.81. The number of piperidine rings is 1. The van der Waals surface area contributed by atoms with Crippen LogP contribution in [0.4, 0.5) is 31.1 Å². The maximum atomic E-state index is 14.6. The number of carbonyl (C=O) groups excluding carboxylic acids is 1. The van der Waals surface area contributed by atoms with Crippen molar-refractivity contribution < 1.29 is 35.9 Å². The van der Waals surface area contributed by atoms with E-state index in [0.29, 0.717) is 17.8 Å². The molecule has 0 aromatic heterocycles. The molecule has 2 aliphatic rings. The van der Waals surface area contributed by atoms with Gasteiger partial charge in [0.2, 0.25) is 0 Å². The van der Waals surface area contributed by atoms with E-state index in [1.807, 2.05) is 0 Å². The first kappa shape index (κ1) is 23.1. The molecule has 10 heteroatoms. The van der Waals surface area contributed by atoms with E-state index in [2.05, 4.69) is 0 Å². The molecule has 1 spiro atoms. The normalized spacial score (nSPS) is 22.8. The van der Waals surface area contributed by atoms with Gasteiger partial charge in [0.1, 0.15) is 11.4 Å². The molecule has 1 aromatic rings. The second kappa shape index (κ2) is 7.53. The topological polar surface area (TPSA) is 29.5 Å².